The maximum atomic E-state index is 12.0. The smallest absolute Gasteiger partial charge is 0.176 e. The zero-order valence-corrected chi connectivity index (χ0v) is 14.3. The average Bonchev–Trinajstić information content (AvgIpc) is 2.93. The third-order valence-electron chi connectivity index (χ3n) is 4.23. The summed E-state index contributed by atoms with van der Waals surface area (Å²) in [4.78, 5) is 25.7. The molecule has 0 fully saturated rings. The summed E-state index contributed by atoms with van der Waals surface area (Å²) in [5.41, 5.74) is 5.21. The van der Waals surface area contributed by atoms with E-state index in [2.05, 4.69) is 0 Å². The molecule has 2 heterocycles. The minimum Gasteiger partial charge on any atom is -0.378 e. The minimum absolute atomic E-state index is 0.00302. The van der Waals surface area contributed by atoms with Gasteiger partial charge in [-0.15, -0.1) is 0 Å². The Morgan fingerprint density at radius 3 is 2.12 bits per heavy atom. The first kappa shape index (κ1) is 16.0. The fourth-order valence-corrected chi connectivity index (χ4v) is 2.86. The molecule has 24 heavy (non-hydrogen) atoms. The number of rotatable bonds is 4. The number of nitrogens with zero attached hydrogens (tertiary/aromatic N) is 2. The van der Waals surface area contributed by atoms with Crippen LogP contribution in [-0.4, -0.2) is 30.1 Å². The quantitative estimate of drug-likeness (QED) is 0.680. The summed E-state index contributed by atoms with van der Waals surface area (Å²) < 4.78 is 1.85. The number of ketones is 2. The standard InChI is InChI=1S/C20H20N2O2/c1-13(23)16-9-10-22-19(14(2)24)12-18(20(22)11-16)15-5-7-17(8-6-15)21(3)4/h5-12H,1-4H3. The van der Waals surface area contributed by atoms with Gasteiger partial charge < -0.3 is 9.30 Å². The van der Waals surface area contributed by atoms with E-state index in [4.69, 9.17) is 0 Å². The molecule has 0 atom stereocenters. The molecule has 0 amide bonds. The van der Waals surface area contributed by atoms with Crippen LogP contribution in [0, 0.1) is 0 Å². The molecule has 0 aliphatic carbocycles. The largest absolute Gasteiger partial charge is 0.378 e. The van der Waals surface area contributed by atoms with Crippen molar-refractivity contribution in [3.05, 3.63) is 59.9 Å². The van der Waals surface area contributed by atoms with Crippen molar-refractivity contribution in [3.8, 4) is 11.1 Å². The number of benzene rings is 1. The van der Waals surface area contributed by atoms with Crippen molar-refractivity contribution < 1.29 is 9.59 Å². The molecular formula is C20H20N2O2. The van der Waals surface area contributed by atoms with Crippen LogP contribution in [0.15, 0.2) is 48.7 Å². The first-order valence-electron chi connectivity index (χ1n) is 7.83. The lowest BCUT2D eigenvalue weighted by molar-refractivity contribution is 0.100. The van der Waals surface area contributed by atoms with Gasteiger partial charge in [-0.1, -0.05) is 12.1 Å². The van der Waals surface area contributed by atoms with Crippen molar-refractivity contribution in [2.45, 2.75) is 13.8 Å². The van der Waals surface area contributed by atoms with Gasteiger partial charge in [-0.3, -0.25) is 9.59 Å². The van der Waals surface area contributed by atoms with E-state index in [0.29, 0.717) is 11.3 Å². The normalized spacial score (nSPS) is 10.8. The molecule has 0 aliphatic heterocycles. The molecule has 0 bridgehead atoms. The number of anilines is 1. The van der Waals surface area contributed by atoms with E-state index in [1.165, 1.54) is 0 Å². The highest BCUT2D eigenvalue weighted by molar-refractivity contribution is 6.00. The van der Waals surface area contributed by atoms with Crippen LogP contribution >= 0.6 is 0 Å². The van der Waals surface area contributed by atoms with Crippen molar-refractivity contribution in [2.24, 2.45) is 0 Å². The second-order valence-electron chi connectivity index (χ2n) is 6.17. The van der Waals surface area contributed by atoms with Gasteiger partial charge in [-0.25, -0.2) is 0 Å². The Bertz CT molecular complexity index is 934. The lowest BCUT2D eigenvalue weighted by Gasteiger charge is -2.12. The Balaban J connectivity index is 2.23. The molecule has 3 rings (SSSR count). The van der Waals surface area contributed by atoms with E-state index >= 15 is 0 Å². The molecule has 0 aliphatic rings. The van der Waals surface area contributed by atoms with Crippen molar-refractivity contribution in [1.29, 1.82) is 0 Å². The molecule has 0 radical (unpaired) electrons. The van der Waals surface area contributed by atoms with Gasteiger partial charge in [-0.05, 0) is 42.8 Å². The first-order chi connectivity index (χ1) is 11.4. The van der Waals surface area contributed by atoms with E-state index in [1.807, 2.05) is 59.8 Å². The van der Waals surface area contributed by atoms with E-state index < -0.39 is 0 Å². The van der Waals surface area contributed by atoms with E-state index in [0.717, 1.165) is 22.3 Å². The maximum absolute atomic E-state index is 12.0. The predicted molar refractivity (Wildman–Crippen MR) is 97.2 cm³/mol. The molecule has 0 saturated heterocycles. The van der Waals surface area contributed by atoms with Gasteiger partial charge in [0.2, 0.25) is 0 Å². The molecule has 0 unspecified atom stereocenters. The number of fused-ring (bicyclic) bond motifs is 1. The highest BCUT2D eigenvalue weighted by atomic mass is 16.1. The third-order valence-corrected chi connectivity index (χ3v) is 4.23. The summed E-state index contributed by atoms with van der Waals surface area (Å²) in [5.74, 6) is 0.00807. The number of hydrogen-bond acceptors (Lipinski definition) is 3. The summed E-state index contributed by atoms with van der Waals surface area (Å²) >= 11 is 0. The zero-order chi connectivity index (χ0) is 17.4. The fourth-order valence-electron chi connectivity index (χ4n) is 2.86. The number of hydrogen-bond donors (Lipinski definition) is 0. The van der Waals surface area contributed by atoms with Gasteiger partial charge in [0, 0.05) is 44.0 Å². The predicted octanol–water partition coefficient (Wildman–Crippen LogP) is 4.08. The number of Topliss-reactive ketones (excluding diaryl/α,β-unsaturated/α-hetero) is 2. The van der Waals surface area contributed by atoms with Gasteiger partial charge in [0.25, 0.3) is 0 Å². The molecule has 122 valence electrons. The molecule has 4 nitrogen and oxygen atoms in total. The topological polar surface area (TPSA) is 41.8 Å². The van der Waals surface area contributed by atoms with Crippen LogP contribution in [0.2, 0.25) is 0 Å². The van der Waals surface area contributed by atoms with Crippen molar-refractivity contribution in [2.75, 3.05) is 19.0 Å². The fraction of sp³-hybridized carbons (Fsp3) is 0.200. The molecule has 0 spiro atoms. The van der Waals surface area contributed by atoms with Gasteiger partial charge in [0.1, 0.15) is 0 Å². The summed E-state index contributed by atoms with van der Waals surface area (Å²) in [6.07, 6.45) is 1.79. The minimum atomic E-state index is -0.00302. The molecule has 1 aromatic carbocycles. The van der Waals surface area contributed by atoms with Crippen molar-refractivity contribution in [1.82, 2.24) is 4.40 Å². The lowest BCUT2D eigenvalue weighted by Crippen LogP contribution is -2.07. The van der Waals surface area contributed by atoms with Gasteiger partial charge in [-0.2, -0.15) is 0 Å². The monoisotopic (exact) mass is 320 g/mol. The van der Waals surface area contributed by atoms with Crippen LogP contribution in [0.5, 0.6) is 0 Å². The van der Waals surface area contributed by atoms with Crippen LogP contribution in [0.3, 0.4) is 0 Å². The zero-order valence-electron chi connectivity index (χ0n) is 14.3. The highest BCUT2D eigenvalue weighted by Gasteiger charge is 2.15. The Morgan fingerprint density at radius 1 is 0.917 bits per heavy atom. The highest BCUT2D eigenvalue weighted by Crippen LogP contribution is 2.30. The molecule has 0 N–H and O–H groups in total. The average molecular weight is 320 g/mol. The van der Waals surface area contributed by atoms with Crippen LogP contribution in [0.4, 0.5) is 5.69 Å². The van der Waals surface area contributed by atoms with E-state index in [9.17, 15) is 9.59 Å². The Morgan fingerprint density at radius 2 is 1.58 bits per heavy atom. The van der Waals surface area contributed by atoms with Crippen molar-refractivity contribution in [3.63, 3.8) is 0 Å². The summed E-state index contributed by atoms with van der Waals surface area (Å²) in [7, 11) is 3.99. The Labute approximate surface area is 141 Å². The summed E-state index contributed by atoms with van der Waals surface area (Å²) in [6, 6.07) is 13.7. The third kappa shape index (κ3) is 2.71. The number of carbonyl (C=O) groups excluding carboxylic acids is 2. The van der Waals surface area contributed by atoms with Crippen LogP contribution < -0.4 is 4.90 Å². The van der Waals surface area contributed by atoms with E-state index in [1.54, 1.807) is 26.1 Å². The number of carbonyl (C=O) groups is 2. The second kappa shape index (κ2) is 5.96. The number of aromatic nitrogens is 1. The molecular weight excluding hydrogens is 300 g/mol. The van der Waals surface area contributed by atoms with Crippen molar-refractivity contribution >= 4 is 22.8 Å². The van der Waals surface area contributed by atoms with Crippen LogP contribution in [0.25, 0.3) is 16.6 Å². The first-order valence-corrected chi connectivity index (χ1v) is 7.83. The Hall–Kier alpha value is -2.88. The maximum Gasteiger partial charge on any atom is 0.176 e. The van der Waals surface area contributed by atoms with Gasteiger partial charge in [0.15, 0.2) is 11.6 Å². The number of pyridine rings is 1. The SMILES string of the molecule is CC(=O)c1ccn2c(C(C)=O)cc(-c3ccc(N(C)C)cc3)c2c1. The molecule has 3 aromatic rings. The molecule has 0 saturated carbocycles. The Kier molecular flexibility index (Phi) is 3.97. The molecule has 4 heteroatoms. The lowest BCUT2D eigenvalue weighted by atomic mass is 10.0. The van der Waals surface area contributed by atoms with Gasteiger partial charge in [0.05, 0.1) is 11.2 Å². The molecule has 2 aromatic heterocycles. The summed E-state index contributed by atoms with van der Waals surface area (Å²) in [5, 5.41) is 0. The summed E-state index contributed by atoms with van der Waals surface area (Å²) in [6.45, 7) is 3.10. The van der Waals surface area contributed by atoms with Crippen LogP contribution in [0.1, 0.15) is 34.7 Å². The second-order valence-corrected chi connectivity index (χ2v) is 6.17. The van der Waals surface area contributed by atoms with E-state index in [-0.39, 0.29) is 11.6 Å². The van der Waals surface area contributed by atoms with Crippen LogP contribution in [-0.2, 0) is 0 Å². The van der Waals surface area contributed by atoms with Gasteiger partial charge >= 0.3 is 0 Å².